The topological polar surface area (TPSA) is 38.1 Å². The van der Waals surface area contributed by atoms with Gasteiger partial charge in [-0.1, -0.05) is 36.4 Å². The summed E-state index contributed by atoms with van der Waals surface area (Å²) in [6, 6.07) is 16.2. The second-order valence-corrected chi connectivity index (χ2v) is 8.18. The van der Waals surface area contributed by atoms with Crippen molar-refractivity contribution >= 4 is 53.3 Å². The molecule has 0 aliphatic carbocycles. The van der Waals surface area contributed by atoms with E-state index < -0.39 is 0 Å². The lowest BCUT2D eigenvalue weighted by molar-refractivity contribution is 0.385. The summed E-state index contributed by atoms with van der Waals surface area (Å²) in [4.78, 5) is 20.3. The Balaban J connectivity index is 2.04. The molecular formula is C22H19N3OS. The minimum absolute atomic E-state index is 0.0598. The monoisotopic (exact) mass is 373 g/mol. The third kappa shape index (κ3) is 2.46. The van der Waals surface area contributed by atoms with E-state index in [1.165, 1.54) is 10.1 Å². The normalized spacial score (nSPS) is 12.1. The van der Waals surface area contributed by atoms with E-state index in [0.29, 0.717) is 6.54 Å². The van der Waals surface area contributed by atoms with Crippen LogP contribution < -0.4 is 5.56 Å². The standard InChI is InChI=1S/C22H19N3OS/c1-24(2)11-12-25-21-19-16-9-5-6-10-17(16)27-18(19)13-23-20(21)14-7-3-4-8-15(14)22(25)26/h3-10,13H,11-12H2,1-2H3. The van der Waals surface area contributed by atoms with Gasteiger partial charge < -0.3 is 9.47 Å². The summed E-state index contributed by atoms with van der Waals surface area (Å²) in [5, 5.41) is 3.99. The lowest BCUT2D eigenvalue weighted by atomic mass is 10.1. The van der Waals surface area contributed by atoms with Gasteiger partial charge in [-0.25, -0.2) is 0 Å². The second kappa shape index (κ2) is 6.15. The maximum absolute atomic E-state index is 13.4. The Morgan fingerprint density at radius 3 is 2.44 bits per heavy atom. The maximum Gasteiger partial charge on any atom is 0.259 e. The molecule has 5 aromatic rings. The predicted octanol–water partition coefficient (Wildman–Crippen LogP) is 4.48. The minimum Gasteiger partial charge on any atom is -0.308 e. The molecular weight excluding hydrogens is 354 g/mol. The molecule has 0 unspecified atom stereocenters. The van der Waals surface area contributed by atoms with E-state index in [-0.39, 0.29) is 5.56 Å². The number of nitrogens with zero attached hydrogens (tertiary/aromatic N) is 3. The maximum atomic E-state index is 13.4. The van der Waals surface area contributed by atoms with Gasteiger partial charge in [0, 0.05) is 45.5 Å². The first-order chi connectivity index (χ1) is 13.1. The molecule has 0 amide bonds. The number of fused-ring (bicyclic) bond motifs is 7. The van der Waals surface area contributed by atoms with Gasteiger partial charge in [-0.15, -0.1) is 11.3 Å². The van der Waals surface area contributed by atoms with Crippen LogP contribution in [0.2, 0.25) is 0 Å². The van der Waals surface area contributed by atoms with Crippen LogP contribution in [0.25, 0.3) is 42.0 Å². The first-order valence-electron chi connectivity index (χ1n) is 9.01. The number of hydrogen-bond acceptors (Lipinski definition) is 4. The molecule has 2 aromatic carbocycles. The van der Waals surface area contributed by atoms with Gasteiger partial charge in [0.25, 0.3) is 5.56 Å². The zero-order valence-electron chi connectivity index (χ0n) is 15.3. The zero-order valence-corrected chi connectivity index (χ0v) is 16.1. The molecule has 0 bridgehead atoms. The molecule has 0 spiro atoms. The van der Waals surface area contributed by atoms with Gasteiger partial charge in [-0.3, -0.25) is 9.78 Å². The van der Waals surface area contributed by atoms with Gasteiger partial charge in [0.2, 0.25) is 0 Å². The Morgan fingerprint density at radius 1 is 0.963 bits per heavy atom. The largest absolute Gasteiger partial charge is 0.308 e. The van der Waals surface area contributed by atoms with Crippen molar-refractivity contribution in [1.82, 2.24) is 14.5 Å². The van der Waals surface area contributed by atoms with Crippen molar-refractivity contribution in [3.05, 3.63) is 65.1 Å². The highest BCUT2D eigenvalue weighted by Gasteiger charge is 2.17. The smallest absolute Gasteiger partial charge is 0.259 e. The Kier molecular flexibility index (Phi) is 3.74. The van der Waals surface area contributed by atoms with Gasteiger partial charge in [-0.05, 0) is 26.2 Å². The van der Waals surface area contributed by atoms with Crippen LogP contribution >= 0.6 is 11.3 Å². The van der Waals surface area contributed by atoms with Crippen LogP contribution in [0.1, 0.15) is 0 Å². The van der Waals surface area contributed by atoms with Gasteiger partial charge >= 0.3 is 0 Å². The van der Waals surface area contributed by atoms with Gasteiger partial charge in [0.15, 0.2) is 0 Å². The Hall–Kier alpha value is -2.76. The molecule has 3 aromatic heterocycles. The molecule has 0 N–H and O–H groups in total. The highest BCUT2D eigenvalue weighted by Crippen LogP contribution is 2.38. The first-order valence-corrected chi connectivity index (χ1v) is 9.83. The lowest BCUT2D eigenvalue weighted by Crippen LogP contribution is -2.27. The summed E-state index contributed by atoms with van der Waals surface area (Å²) < 4.78 is 4.27. The van der Waals surface area contributed by atoms with Crippen LogP contribution in [-0.2, 0) is 6.54 Å². The molecule has 5 heteroatoms. The summed E-state index contributed by atoms with van der Waals surface area (Å²) in [5.41, 5.74) is 1.92. The van der Waals surface area contributed by atoms with E-state index in [1.807, 2.05) is 49.1 Å². The van der Waals surface area contributed by atoms with Crippen LogP contribution in [0.3, 0.4) is 0 Å². The molecule has 3 heterocycles. The lowest BCUT2D eigenvalue weighted by Gasteiger charge is -2.16. The molecule has 0 fully saturated rings. The molecule has 0 atom stereocenters. The van der Waals surface area contributed by atoms with E-state index >= 15 is 0 Å². The fraction of sp³-hybridized carbons (Fsp3) is 0.182. The molecule has 4 nitrogen and oxygen atoms in total. The quantitative estimate of drug-likeness (QED) is 0.438. The number of pyridine rings is 2. The second-order valence-electron chi connectivity index (χ2n) is 7.10. The van der Waals surface area contributed by atoms with Gasteiger partial charge in [0.05, 0.1) is 15.7 Å². The fourth-order valence-electron chi connectivity index (χ4n) is 3.80. The van der Waals surface area contributed by atoms with Gasteiger partial charge in [-0.2, -0.15) is 0 Å². The first kappa shape index (κ1) is 16.4. The average Bonchev–Trinajstić information content (AvgIpc) is 3.06. The Bertz CT molecular complexity index is 1380. The molecule has 134 valence electrons. The van der Waals surface area contributed by atoms with Crippen LogP contribution in [0.4, 0.5) is 0 Å². The molecule has 27 heavy (non-hydrogen) atoms. The summed E-state index contributed by atoms with van der Waals surface area (Å²) in [6.45, 7) is 1.43. The van der Waals surface area contributed by atoms with Crippen LogP contribution in [0.5, 0.6) is 0 Å². The highest BCUT2D eigenvalue weighted by atomic mass is 32.1. The van der Waals surface area contributed by atoms with Crippen LogP contribution in [0.15, 0.2) is 59.5 Å². The van der Waals surface area contributed by atoms with E-state index in [9.17, 15) is 4.79 Å². The van der Waals surface area contributed by atoms with E-state index in [1.54, 1.807) is 11.3 Å². The van der Waals surface area contributed by atoms with Crippen molar-refractivity contribution in [2.75, 3.05) is 20.6 Å². The number of thiophene rings is 1. The van der Waals surface area contributed by atoms with E-state index in [2.05, 4.69) is 29.2 Å². The van der Waals surface area contributed by atoms with Crippen molar-refractivity contribution in [1.29, 1.82) is 0 Å². The molecule has 5 rings (SSSR count). The molecule has 0 aliphatic heterocycles. The third-order valence-corrected chi connectivity index (χ3v) is 6.20. The predicted molar refractivity (Wildman–Crippen MR) is 115 cm³/mol. The number of aromatic nitrogens is 2. The molecule has 0 saturated heterocycles. The van der Waals surface area contributed by atoms with Crippen molar-refractivity contribution in [2.45, 2.75) is 6.54 Å². The fourth-order valence-corrected chi connectivity index (χ4v) is 4.88. The van der Waals surface area contributed by atoms with Gasteiger partial charge in [0.1, 0.15) is 0 Å². The van der Waals surface area contributed by atoms with Crippen LogP contribution in [-0.4, -0.2) is 35.1 Å². The number of hydrogen-bond donors (Lipinski definition) is 0. The van der Waals surface area contributed by atoms with Crippen molar-refractivity contribution in [2.24, 2.45) is 0 Å². The van der Waals surface area contributed by atoms with Crippen LogP contribution in [0, 0.1) is 0 Å². The summed E-state index contributed by atoms with van der Waals surface area (Å²) >= 11 is 1.73. The number of rotatable bonds is 3. The summed E-state index contributed by atoms with van der Waals surface area (Å²) in [7, 11) is 4.06. The number of likely N-dealkylation sites (N-methyl/N-ethyl adjacent to an activating group) is 1. The third-order valence-electron chi connectivity index (χ3n) is 5.09. The minimum atomic E-state index is 0.0598. The van der Waals surface area contributed by atoms with Crippen molar-refractivity contribution in [3.63, 3.8) is 0 Å². The van der Waals surface area contributed by atoms with E-state index in [4.69, 9.17) is 4.98 Å². The summed E-state index contributed by atoms with van der Waals surface area (Å²) in [5.74, 6) is 0. The SMILES string of the molecule is CN(C)CCn1c(=O)c2ccccc2c2ncc3sc4ccccc4c3c21. The Labute approximate surface area is 160 Å². The summed E-state index contributed by atoms with van der Waals surface area (Å²) in [6.07, 6.45) is 1.95. The van der Waals surface area contributed by atoms with Crippen molar-refractivity contribution in [3.8, 4) is 0 Å². The Morgan fingerprint density at radius 2 is 1.67 bits per heavy atom. The molecule has 0 radical (unpaired) electrons. The zero-order chi connectivity index (χ0) is 18.5. The highest BCUT2D eigenvalue weighted by molar-refractivity contribution is 7.26. The molecule has 0 aliphatic rings. The molecule has 0 saturated carbocycles. The van der Waals surface area contributed by atoms with Crippen molar-refractivity contribution < 1.29 is 0 Å². The average molecular weight is 373 g/mol. The number of benzene rings is 2. The van der Waals surface area contributed by atoms with E-state index in [0.717, 1.165) is 38.4 Å².